The van der Waals surface area contributed by atoms with Crippen molar-refractivity contribution in [2.45, 2.75) is 47.1 Å². The van der Waals surface area contributed by atoms with Crippen LogP contribution in [0.4, 0.5) is 0 Å². The van der Waals surface area contributed by atoms with E-state index in [4.69, 9.17) is 9.41 Å². The van der Waals surface area contributed by atoms with Crippen LogP contribution in [-0.2, 0) is 0 Å². The number of hydrogen-bond acceptors (Lipinski definition) is 2. The van der Waals surface area contributed by atoms with Crippen LogP contribution >= 0.6 is 0 Å². The third-order valence-electron chi connectivity index (χ3n) is 11.9. The highest BCUT2D eigenvalue weighted by Crippen LogP contribution is 2.43. The normalized spacial score (nSPS) is 13.3. The first-order valence-electron chi connectivity index (χ1n) is 21.1. The van der Waals surface area contributed by atoms with Gasteiger partial charge in [-0.1, -0.05) is 179 Å². The molecule has 0 saturated carbocycles. The summed E-state index contributed by atoms with van der Waals surface area (Å²) in [5.74, 6) is 0.195. The molecule has 1 heterocycles. The quantitative estimate of drug-likeness (QED) is 0.112. The molecule has 0 radical (unpaired) electrons. The highest BCUT2D eigenvalue weighted by Gasteiger charge is 2.19. The molecule has 2 unspecified atom stereocenters. The van der Waals surface area contributed by atoms with Gasteiger partial charge < -0.3 is 4.42 Å². The second kappa shape index (κ2) is 16.2. The van der Waals surface area contributed by atoms with Gasteiger partial charge in [-0.3, -0.25) is 4.99 Å². The minimum absolute atomic E-state index is 0.0461. The van der Waals surface area contributed by atoms with Gasteiger partial charge in [-0.25, -0.2) is 0 Å². The molecule has 0 fully saturated rings. The van der Waals surface area contributed by atoms with Gasteiger partial charge in [0.15, 0.2) is 0 Å². The number of nitrogens with zero attached hydrogens (tertiary/aromatic N) is 1. The van der Waals surface area contributed by atoms with E-state index in [1.165, 1.54) is 81.9 Å². The van der Waals surface area contributed by atoms with E-state index in [2.05, 4.69) is 191 Å². The maximum Gasteiger partial charge on any atom is 0.136 e. The van der Waals surface area contributed by atoms with E-state index in [1.807, 2.05) is 26.0 Å². The van der Waals surface area contributed by atoms with Crippen molar-refractivity contribution in [1.29, 1.82) is 0 Å². The highest BCUT2D eigenvalue weighted by molar-refractivity contribution is 6.33. The molecule has 2 heteroatoms. The first-order valence-corrected chi connectivity index (χ1v) is 21.1. The van der Waals surface area contributed by atoms with E-state index in [-0.39, 0.29) is 12.0 Å². The third kappa shape index (κ3) is 6.89. The fourth-order valence-electron chi connectivity index (χ4n) is 9.03. The number of rotatable bonds is 8. The lowest BCUT2D eigenvalue weighted by Crippen LogP contribution is -2.14. The molecule has 10 rings (SSSR count). The Morgan fingerprint density at radius 2 is 1.08 bits per heavy atom. The molecule has 2 atom stereocenters. The van der Waals surface area contributed by atoms with E-state index in [1.54, 1.807) is 0 Å². The SMILES string of the molecule is C/C(=C/CC(C)C(=NC(C)c1cccc(-c2cc3c4ccccc4c4ccccc4c3c3ccccc23)c1)c1ccccc1)c1cccc2oc3ccccc3c12.CC. The summed E-state index contributed by atoms with van der Waals surface area (Å²) in [5, 5.41) is 12.7. The second-order valence-electron chi connectivity index (χ2n) is 15.5. The fourth-order valence-corrected chi connectivity index (χ4v) is 9.03. The third-order valence-corrected chi connectivity index (χ3v) is 11.9. The Morgan fingerprint density at radius 1 is 0.525 bits per heavy atom. The van der Waals surface area contributed by atoms with Crippen molar-refractivity contribution in [3.8, 4) is 11.1 Å². The van der Waals surface area contributed by atoms with E-state index < -0.39 is 0 Å². The van der Waals surface area contributed by atoms with Crippen LogP contribution in [0.1, 0.15) is 63.8 Å². The maximum atomic E-state index is 6.21. The van der Waals surface area contributed by atoms with Crippen molar-refractivity contribution in [2.75, 3.05) is 0 Å². The Morgan fingerprint density at radius 3 is 1.81 bits per heavy atom. The zero-order valence-electron chi connectivity index (χ0n) is 34.5. The molecule has 2 nitrogen and oxygen atoms in total. The average molecular weight is 764 g/mol. The van der Waals surface area contributed by atoms with Gasteiger partial charge in [0.25, 0.3) is 0 Å². The lowest BCUT2D eigenvalue weighted by Gasteiger charge is -2.19. The maximum absolute atomic E-state index is 6.21. The summed E-state index contributed by atoms with van der Waals surface area (Å²) in [5.41, 5.74) is 10.3. The molecule has 0 saturated heterocycles. The van der Waals surface area contributed by atoms with Crippen LogP contribution in [0.5, 0.6) is 0 Å². The number of aliphatic imine (C=N–C) groups is 1. The van der Waals surface area contributed by atoms with E-state index in [9.17, 15) is 0 Å². The summed E-state index contributed by atoms with van der Waals surface area (Å²) in [7, 11) is 0. The molecular weight excluding hydrogens is 715 g/mol. The molecule has 0 aliphatic heterocycles. The Hall–Kier alpha value is -6.77. The van der Waals surface area contributed by atoms with Crippen LogP contribution in [-0.4, -0.2) is 5.71 Å². The fraction of sp³-hybridized carbons (Fsp3) is 0.140. The number of furan rings is 1. The van der Waals surface area contributed by atoms with Gasteiger partial charge in [0.2, 0.25) is 0 Å². The van der Waals surface area contributed by atoms with Crippen LogP contribution < -0.4 is 0 Å². The van der Waals surface area contributed by atoms with Gasteiger partial charge >= 0.3 is 0 Å². The molecule has 59 heavy (non-hydrogen) atoms. The van der Waals surface area contributed by atoms with Gasteiger partial charge in [0.1, 0.15) is 11.2 Å². The van der Waals surface area contributed by atoms with Gasteiger partial charge in [-0.2, -0.15) is 0 Å². The molecule has 9 aromatic carbocycles. The second-order valence-corrected chi connectivity index (χ2v) is 15.5. The summed E-state index contributed by atoms with van der Waals surface area (Å²) in [6, 6.07) is 63.5. The molecule has 0 N–H and O–H groups in total. The zero-order chi connectivity index (χ0) is 40.5. The predicted molar refractivity (Wildman–Crippen MR) is 256 cm³/mol. The average Bonchev–Trinajstić information content (AvgIpc) is 3.69. The number of para-hydroxylation sites is 1. The summed E-state index contributed by atoms with van der Waals surface area (Å²) in [6.45, 7) is 10.8. The van der Waals surface area contributed by atoms with Gasteiger partial charge in [0, 0.05) is 22.4 Å². The van der Waals surface area contributed by atoms with Gasteiger partial charge in [0.05, 0.1) is 6.04 Å². The van der Waals surface area contributed by atoms with Crippen molar-refractivity contribution in [2.24, 2.45) is 10.9 Å². The summed E-state index contributed by atoms with van der Waals surface area (Å²) < 4.78 is 6.21. The standard InChI is InChI=1S/C55H43NO.C2H6/c1-35(41-28-16-30-52-54(41)48-27-13-14-29-51(48)57-52)31-32-36(2)55(38-17-5-4-6-18-38)56-37(3)39-19-15-20-40(33-39)49-34-50-44-23-8-7-21-42(44)43-22-9-11-25-46(43)53(50)47-26-12-10-24-45(47)49;1-2/h4-31,33-34,36-37H,32H2,1-3H3;1-2H3/b35-31-,56-55?;. The first kappa shape index (κ1) is 37.8. The monoisotopic (exact) mass is 763 g/mol. The lowest BCUT2D eigenvalue weighted by molar-refractivity contribution is 0.669. The van der Waals surface area contributed by atoms with Crippen LogP contribution in [0.15, 0.2) is 191 Å². The smallest absolute Gasteiger partial charge is 0.136 e. The molecule has 0 amide bonds. The zero-order valence-corrected chi connectivity index (χ0v) is 34.5. The van der Waals surface area contributed by atoms with Crippen molar-refractivity contribution in [3.05, 3.63) is 199 Å². The largest absolute Gasteiger partial charge is 0.456 e. The number of allylic oxidation sites excluding steroid dienone is 2. The minimum Gasteiger partial charge on any atom is -0.456 e. The van der Waals surface area contributed by atoms with Gasteiger partial charge in [-0.15, -0.1) is 0 Å². The number of benzene rings is 9. The Bertz CT molecular complexity index is 3200. The molecule has 288 valence electrons. The molecule has 10 aromatic rings. The van der Waals surface area contributed by atoms with Crippen molar-refractivity contribution in [1.82, 2.24) is 0 Å². The number of hydrogen-bond donors (Lipinski definition) is 0. The molecule has 0 spiro atoms. The Kier molecular flexibility index (Phi) is 10.4. The van der Waals surface area contributed by atoms with Crippen LogP contribution in [0, 0.1) is 5.92 Å². The summed E-state index contributed by atoms with van der Waals surface area (Å²) in [6.07, 6.45) is 3.24. The summed E-state index contributed by atoms with van der Waals surface area (Å²) in [4.78, 5) is 5.54. The van der Waals surface area contributed by atoms with Crippen molar-refractivity contribution >= 4 is 76.3 Å². The van der Waals surface area contributed by atoms with Crippen LogP contribution in [0.3, 0.4) is 0 Å². The Labute approximate surface area is 347 Å². The van der Waals surface area contributed by atoms with E-state index in [0.717, 1.165) is 28.7 Å². The van der Waals surface area contributed by atoms with Gasteiger partial charge in [-0.05, 0) is 121 Å². The molecule has 1 aromatic heterocycles. The molecule has 0 aliphatic carbocycles. The van der Waals surface area contributed by atoms with Crippen molar-refractivity contribution < 1.29 is 4.42 Å². The first-order chi connectivity index (χ1) is 29.0. The molecular formula is C57H49NO. The van der Waals surface area contributed by atoms with E-state index >= 15 is 0 Å². The van der Waals surface area contributed by atoms with Crippen LogP contribution in [0.25, 0.3) is 81.7 Å². The summed E-state index contributed by atoms with van der Waals surface area (Å²) >= 11 is 0. The van der Waals surface area contributed by atoms with Crippen molar-refractivity contribution in [3.63, 3.8) is 0 Å². The topological polar surface area (TPSA) is 25.5 Å². The molecule has 0 aliphatic rings. The minimum atomic E-state index is -0.0461. The number of fused-ring (bicyclic) bond motifs is 11. The molecule has 0 bridgehead atoms. The highest BCUT2D eigenvalue weighted by atomic mass is 16.3. The van der Waals surface area contributed by atoms with Crippen LogP contribution in [0.2, 0.25) is 0 Å². The lowest BCUT2D eigenvalue weighted by atomic mass is 9.87. The predicted octanol–water partition coefficient (Wildman–Crippen LogP) is 16.6. The van der Waals surface area contributed by atoms with E-state index in [0.29, 0.717) is 0 Å². The Balaban J connectivity index is 0.00000221.